The van der Waals surface area contributed by atoms with E-state index in [1.807, 2.05) is 80.8 Å². The summed E-state index contributed by atoms with van der Waals surface area (Å²) in [5.74, 6) is -0.236. The van der Waals surface area contributed by atoms with E-state index in [4.69, 9.17) is 0 Å². The van der Waals surface area contributed by atoms with Gasteiger partial charge in [-0.2, -0.15) is 0 Å². The first-order chi connectivity index (χ1) is 18.1. The number of carbonyl (C=O) groups is 2. The highest BCUT2D eigenvalue weighted by atomic mass is 16.2. The van der Waals surface area contributed by atoms with Crippen LogP contribution in [0, 0.1) is 0 Å². The summed E-state index contributed by atoms with van der Waals surface area (Å²) in [6.07, 6.45) is 0.150. The molecular formula is C28H37N7O2. The van der Waals surface area contributed by atoms with Gasteiger partial charge in [0.1, 0.15) is 0 Å². The van der Waals surface area contributed by atoms with E-state index in [2.05, 4.69) is 36.1 Å². The SMILES string of the molecule is CNCCN(CCNC)CCNC(=O)CCC(=O)Nc1nc(-c2ccccc2)cc(-c2ccccc2)n1. The Morgan fingerprint density at radius 2 is 1.19 bits per heavy atom. The number of likely N-dealkylation sites (N-methyl/N-ethyl adjacent to an activating group) is 2. The van der Waals surface area contributed by atoms with Crippen LogP contribution in [0.25, 0.3) is 22.5 Å². The van der Waals surface area contributed by atoms with Crippen molar-refractivity contribution >= 4 is 17.8 Å². The normalized spacial score (nSPS) is 10.9. The third-order valence-electron chi connectivity index (χ3n) is 5.80. The molecular weight excluding hydrogens is 466 g/mol. The lowest BCUT2D eigenvalue weighted by atomic mass is 10.1. The number of hydrogen-bond donors (Lipinski definition) is 4. The Morgan fingerprint density at radius 3 is 1.70 bits per heavy atom. The second kappa shape index (κ2) is 15.5. The minimum atomic E-state index is -0.302. The Labute approximate surface area is 219 Å². The van der Waals surface area contributed by atoms with Crippen LogP contribution in [0.1, 0.15) is 12.8 Å². The van der Waals surface area contributed by atoms with Crippen molar-refractivity contribution in [3.63, 3.8) is 0 Å². The molecule has 9 nitrogen and oxygen atoms in total. The number of amides is 2. The van der Waals surface area contributed by atoms with Gasteiger partial charge in [0.2, 0.25) is 17.8 Å². The number of nitrogens with zero attached hydrogens (tertiary/aromatic N) is 3. The number of rotatable bonds is 15. The Bertz CT molecular complexity index is 1040. The number of anilines is 1. The highest BCUT2D eigenvalue weighted by Crippen LogP contribution is 2.25. The average molecular weight is 504 g/mol. The van der Waals surface area contributed by atoms with E-state index >= 15 is 0 Å². The van der Waals surface area contributed by atoms with Crippen molar-refractivity contribution < 1.29 is 9.59 Å². The Kier molecular flexibility index (Phi) is 11.7. The van der Waals surface area contributed by atoms with Gasteiger partial charge in [-0.1, -0.05) is 60.7 Å². The van der Waals surface area contributed by atoms with E-state index in [9.17, 15) is 9.59 Å². The van der Waals surface area contributed by atoms with E-state index in [1.165, 1.54) is 0 Å². The van der Waals surface area contributed by atoms with Gasteiger partial charge in [0.05, 0.1) is 11.4 Å². The lowest BCUT2D eigenvalue weighted by Gasteiger charge is -2.22. The van der Waals surface area contributed by atoms with E-state index in [1.54, 1.807) is 0 Å². The number of nitrogens with one attached hydrogen (secondary N) is 4. The molecule has 0 saturated carbocycles. The third-order valence-corrected chi connectivity index (χ3v) is 5.80. The second-order valence-electron chi connectivity index (χ2n) is 8.64. The number of aromatic nitrogens is 2. The standard InChI is InChI=1S/C28H37N7O2/c1-29-15-18-35(19-16-30-2)20-17-31-26(36)13-14-27(37)34-28-32-24(22-9-5-3-6-10-22)21-25(33-28)23-11-7-4-8-12-23/h3-12,21,29-30H,13-20H2,1-2H3,(H,31,36)(H,32,33,34,37). The number of benzene rings is 2. The molecule has 3 aromatic rings. The first-order valence-corrected chi connectivity index (χ1v) is 12.7. The van der Waals surface area contributed by atoms with Gasteiger partial charge in [-0.25, -0.2) is 9.97 Å². The molecule has 0 atom stereocenters. The van der Waals surface area contributed by atoms with Gasteiger partial charge in [-0.15, -0.1) is 0 Å². The summed E-state index contributed by atoms with van der Waals surface area (Å²) in [5, 5.41) is 12.0. The van der Waals surface area contributed by atoms with Crippen molar-refractivity contribution in [1.29, 1.82) is 0 Å². The maximum Gasteiger partial charge on any atom is 0.230 e. The van der Waals surface area contributed by atoms with Crippen LogP contribution in [-0.4, -0.2) is 80.0 Å². The van der Waals surface area contributed by atoms with Gasteiger partial charge >= 0.3 is 0 Å². The minimum absolute atomic E-state index is 0.0502. The van der Waals surface area contributed by atoms with Crippen molar-refractivity contribution in [2.45, 2.75) is 12.8 Å². The van der Waals surface area contributed by atoms with E-state index in [0.29, 0.717) is 17.9 Å². The minimum Gasteiger partial charge on any atom is -0.355 e. The summed E-state index contributed by atoms with van der Waals surface area (Å²) in [6, 6.07) is 21.4. The lowest BCUT2D eigenvalue weighted by molar-refractivity contribution is -0.124. The Hall–Kier alpha value is -3.66. The highest BCUT2D eigenvalue weighted by Gasteiger charge is 2.13. The quantitative estimate of drug-likeness (QED) is 0.252. The fourth-order valence-corrected chi connectivity index (χ4v) is 3.75. The molecule has 0 bridgehead atoms. The van der Waals surface area contributed by atoms with Gasteiger partial charge in [0.25, 0.3) is 0 Å². The molecule has 196 valence electrons. The zero-order chi connectivity index (χ0) is 26.3. The van der Waals surface area contributed by atoms with Gasteiger partial charge in [-0.3, -0.25) is 19.8 Å². The first-order valence-electron chi connectivity index (χ1n) is 12.7. The van der Waals surface area contributed by atoms with E-state index < -0.39 is 0 Å². The summed E-state index contributed by atoms with van der Waals surface area (Å²) in [5.41, 5.74) is 3.28. The maximum atomic E-state index is 12.6. The molecule has 0 aliphatic heterocycles. The summed E-state index contributed by atoms with van der Waals surface area (Å²) >= 11 is 0. The first kappa shape index (κ1) is 27.9. The summed E-state index contributed by atoms with van der Waals surface area (Å²) in [6.45, 7) is 4.88. The van der Waals surface area contributed by atoms with Gasteiger partial charge < -0.3 is 16.0 Å². The van der Waals surface area contributed by atoms with Crippen molar-refractivity contribution in [1.82, 2.24) is 30.8 Å². The number of carbonyl (C=O) groups excluding carboxylic acids is 2. The number of hydrogen-bond acceptors (Lipinski definition) is 7. The molecule has 1 aromatic heterocycles. The topological polar surface area (TPSA) is 111 Å². The maximum absolute atomic E-state index is 12.6. The van der Waals surface area contributed by atoms with Gasteiger partial charge in [-0.05, 0) is 20.2 Å². The van der Waals surface area contributed by atoms with Gasteiger partial charge in [0, 0.05) is 63.2 Å². The molecule has 2 amide bonds. The van der Waals surface area contributed by atoms with Crippen LogP contribution >= 0.6 is 0 Å². The van der Waals surface area contributed by atoms with Crippen LogP contribution in [0.2, 0.25) is 0 Å². The molecule has 0 radical (unpaired) electrons. The molecule has 1 heterocycles. The molecule has 0 saturated heterocycles. The molecule has 0 fully saturated rings. The van der Waals surface area contributed by atoms with Crippen LogP contribution in [-0.2, 0) is 9.59 Å². The molecule has 0 aliphatic rings. The Morgan fingerprint density at radius 1 is 0.703 bits per heavy atom. The lowest BCUT2D eigenvalue weighted by Crippen LogP contribution is -2.40. The zero-order valence-corrected chi connectivity index (χ0v) is 21.7. The summed E-state index contributed by atoms with van der Waals surface area (Å²) in [7, 11) is 3.85. The smallest absolute Gasteiger partial charge is 0.230 e. The van der Waals surface area contributed by atoms with Crippen molar-refractivity contribution in [2.24, 2.45) is 0 Å². The molecule has 2 aromatic carbocycles. The fourth-order valence-electron chi connectivity index (χ4n) is 3.75. The van der Waals surface area contributed by atoms with Crippen LogP contribution in [0.3, 0.4) is 0 Å². The molecule has 3 rings (SSSR count). The van der Waals surface area contributed by atoms with E-state index in [-0.39, 0.29) is 30.6 Å². The molecule has 37 heavy (non-hydrogen) atoms. The van der Waals surface area contributed by atoms with E-state index in [0.717, 1.165) is 43.9 Å². The van der Waals surface area contributed by atoms with Crippen molar-refractivity contribution in [3.05, 3.63) is 66.7 Å². The average Bonchev–Trinajstić information content (AvgIpc) is 2.94. The van der Waals surface area contributed by atoms with Gasteiger partial charge in [0.15, 0.2) is 0 Å². The fraction of sp³-hybridized carbons (Fsp3) is 0.357. The predicted octanol–water partition coefficient (Wildman–Crippen LogP) is 2.39. The summed E-state index contributed by atoms with van der Waals surface area (Å²) in [4.78, 5) is 36.3. The van der Waals surface area contributed by atoms with Crippen LogP contribution in [0.15, 0.2) is 66.7 Å². The molecule has 0 unspecified atom stereocenters. The predicted molar refractivity (Wildman–Crippen MR) is 148 cm³/mol. The third kappa shape index (κ3) is 9.72. The molecule has 0 spiro atoms. The summed E-state index contributed by atoms with van der Waals surface area (Å²) < 4.78 is 0. The zero-order valence-electron chi connectivity index (χ0n) is 21.7. The molecule has 4 N–H and O–H groups in total. The molecule has 9 heteroatoms. The Balaban J connectivity index is 1.56. The van der Waals surface area contributed by atoms with Crippen LogP contribution < -0.4 is 21.3 Å². The van der Waals surface area contributed by atoms with Crippen molar-refractivity contribution in [3.8, 4) is 22.5 Å². The highest BCUT2D eigenvalue weighted by molar-refractivity contribution is 5.92. The largest absolute Gasteiger partial charge is 0.355 e. The second-order valence-corrected chi connectivity index (χ2v) is 8.64. The van der Waals surface area contributed by atoms with Crippen LogP contribution in [0.4, 0.5) is 5.95 Å². The van der Waals surface area contributed by atoms with Crippen molar-refractivity contribution in [2.75, 3.05) is 58.7 Å². The molecule has 0 aliphatic carbocycles. The van der Waals surface area contributed by atoms with Crippen LogP contribution in [0.5, 0.6) is 0 Å². The monoisotopic (exact) mass is 503 g/mol.